The van der Waals surface area contributed by atoms with Gasteiger partial charge in [-0.1, -0.05) is 29.8 Å². The summed E-state index contributed by atoms with van der Waals surface area (Å²) in [7, 11) is 1.64. The molecule has 2 bridgehead atoms. The minimum atomic E-state index is -0.338. The van der Waals surface area contributed by atoms with Crippen molar-refractivity contribution in [3.63, 3.8) is 0 Å². The smallest absolute Gasteiger partial charge is 0.319 e. The molecule has 0 amide bonds. The molecule has 2 aromatic carbocycles. The quantitative estimate of drug-likeness (QED) is 0.227. The van der Waals surface area contributed by atoms with Gasteiger partial charge in [-0.05, 0) is 87.3 Å². The summed E-state index contributed by atoms with van der Waals surface area (Å²) in [6, 6.07) is 11.4. The number of nitrogens with one attached hydrogen (secondary N) is 2. The van der Waals surface area contributed by atoms with Crippen LogP contribution in [0.25, 0.3) is 23.1 Å². The van der Waals surface area contributed by atoms with Gasteiger partial charge in [0.1, 0.15) is 29.5 Å². The van der Waals surface area contributed by atoms with Crippen molar-refractivity contribution in [3.05, 3.63) is 81.3 Å². The Kier molecular flexibility index (Phi) is 8.48. The molecule has 10 heteroatoms. The summed E-state index contributed by atoms with van der Waals surface area (Å²) in [6.45, 7) is 6.00. The van der Waals surface area contributed by atoms with Crippen molar-refractivity contribution in [2.24, 2.45) is 0 Å². The number of hydrogen-bond donors (Lipinski definition) is 3. The van der Waals surface area contributed by atoms with Crippen LogP contribution in [0, 0.1) is 6.92 Å². The van der Waals surface area contributed by atoms with Gasteiger partial charge in [0.05, 0.1) is 17.6 Å². The third-order valence-corrected chi connectivity index (χ3v) is 9.37. The molecule has 3 atom stereocenters. The third kappa shape index (κ3) is 6.37. The molecule has 2 aromatic heterocycles. The van der Waals surface area contributed by atoms with Gasteiger partial charge in [0.2, 0.25) is 0 Å². The zero-order chi connectivity index (χ0) is 31.8. The molecule has 1 saturated carbocycles. The summed E-state index contributed by atoms with van der Waals surface area (Å²) in [5.74, 6) is 0.840. The minimum Gasteiger partial charge on any atom is -0.505 e. The number of allylic oxidation sites excluding steroid dienone is 2. The van der Waals surface area contributed by atoms with Crippen LogP contribution in [-0.2, 0) is 11.2 Å². The summed E-state index contributed by atoms with van der Waals surface area (Å²) in [6.07, 6.45) is 10.9. The van der Waals surface area contributed by atoms with Crippen LogP contribution in [0.5, 0.6) is 11.8 Å². The van der Waals surface area contributed by atoms with Crippen molar-refractivity contribution in [2.45, 2.75) is 70.1 Å². The third-order valence-electron chi connectivity index (χ3n) is 9.37. The number of aromatic hydroxyl groups is 1. The Morgan fingerprint density at radius 2 is 2.04 bits per heavy atom. The zero-order valence-corrected chi connectivity index (χ0v) is 26.6. The molecule has 3 fully saturated rings. The lowest BCUT2D eigenvalue weighted by Crippen LogP contribution is -2.44. The van der Waals surface area contributed by atoms with E-state index in [0.717, 1.165) is 55.5 Å². The highest BCUT2D eigenvalue weighted by atomic mass is 19.1. The Balaban J connectivity index is 1.27. The average molecular weight is 625 g/mol. The van der Waals surface area contributed by atoms with Crippen LogP contribution in [0.1, 0.15) is 60.8 Å². The Morgan fingerprint density at radius 1 is 1.22 bits per heavy atom. The van der Waals surface area contributed by atoms with E-state index in [4.69, 9.17) is 19.4 Å². The van der Waals surface area contributed by atoms with Crippen molar-refractivity contribution < 1.29 is 19.0 Å². The van der Waals surface area contributed by atoms with E-state index in [1.165, 1.54) is 17.2 Å². The number of nitrogens with zero attached hydrogens (tertiary/aromatic N) is 4. The fraction of sp³-hybridized carbons (Fsp3) is 0.417. The molecule has 9 nitrogen and oxygen atoms in total. The van der Waals surface area contributed by atoms with Gasteiger partial charge in [0, 0.05) is 48.5 Å². The summed E-state index contributed by atoms with van der Waals surface area (Å²) in [4.78, 5) is 11.9. The molecule has 1 aliphatic carbocycles. The highest BCUT2D eigenvalue weighted by Crippen LogP contribution is 2.48. The van der Waals surface area contributed by atoms with Gasteiger partial charge in [-0.15, -0.1) is 0 Å². The summed E-state index contributed by atoms with van der Waals surface area (Å²) < 4.78 is 26.4. The van der Waals surface area contributed by atoms with Gasteiger partial charge in [-0.2, -0.15) is 15.1 Å². The van der Waals surface area contributed by atoms with E-state index in [2.05, 4.69) is 57.7 Å². The number of methoxy groups -OCH3 is 1. The van der Waals surface area contributed by atoms with E-state index in [1.807, 2.05) is 13.0 Å². The monoisotopic (exact) mass is 624 g/mol. The lowest BCUT2D eigenvalue weighted by molar-refractivity contribution is 0.0682. The molecular formula is C36H41FN6O3. The number of fused-ring (bicyclic) bond motifs is 3. The number of anilines is 1. The van der Waals surface area contributed by atoms with Gasteiger partial charge >= 0.3 is 6.01 Å². The molecule has 7 rings (SSSR count). The molecule has 0 radical (unpaired) electrons. The Labute approximate surface area is 267 Å². The highest BCUT2D eigenvalue weighted by molar-refractivity contribution is 5.97. The second kappa shape index (κ2) is 12.8. The molecule has 3 N–H and O–H groups in total. The second-order valence-corrected chi connectivity index (χ2v) is 12.9. The number of phenolic OH excluding ortho intramolecular Hbond substituents is 1. The lowest BCUT2D eigenvalue weighted by atomic mass is 9.97. The topological polar surface area (TPSA) is 108 Å². The van der Waals surface area contributed by atoms with Crippen molar-refractivity contribution in [1.29, 1.82) is 0 Å². The van der Waals surface area contributed by atoms with Gasteiger partial charge < -0.3 is 24.8 Å². The van der Waals surface area contributed by atoms with Crippen LogP contribution >= 0.6 is 0 Å². The molecule has 2 unspecified atom stereocenters. The molecule has 0 spiro atoms. The Hall–Kier alpha value is -4.28. The maximum absolute atomic E-state index is 15.1. The van der Waals surface area contributed by atoms with Gasteiger partial charge in [0.15, 0.2) is 0 Å². The summed E-state index contributed by atoms with van der Waals surface area (Å²) in [5.41, 5.74) is 4.53. The number of aryl methyl sites for hydroxylation is 2. The fourth-order valence-electron chi connectivity index (χ4n) is 6.52. The molecule has 4 heterocycles. The summed E-state index contributed by atoms with van der Waals surface area (Å²) in [5, 5.41) is 24.6. The van der Waals surface area contributed by atoms with Crippen molar-refractivity contribution >= 4 is 28.9 Å². The number of phenols is 1. The molecule has 3 aliphatic rings. The van der Waals surface area contributed by atoms with Crippen LogP contribution in [0.4, 0.5) is 10.2 Å². The molecule has 46 heavy (non-hydrogen) atoms. The lowest BCUT2D eigenvalue weighted by Gasteiger charge is -2.30. The standard InChI is InChI=1S/C36H41FN6O3/c1-21-7-9-23(10-8-21)5-4-6-26(37)14-32-25(17-39-42-32)13-30-29(24-11-12-24)16-31-33(34(30)44)40-36(46-20-22(2)45-3)41-35(31)43-19-27-15-28(43)18-38-27/h6-10,13-14,16-17,22,24,27-28,38,42,44H,4-5,11-12,15,18-20H2,1-3H3/b25-13+,26-6-,32-14+/t22-,27?,28?/m0/s1. The number of H-pyrrole nitrogens is 1. The molecule has 2 aliphatic heterocycles. The normalized spacial score (nSPS) is 21.1. The zero-order valence-electron chi connectivity index (χ0n) is 26.6. The van der Waals surface area contributed by atoms with Crippen LogP contribution in [0.15, 0.2) is 48.4 Å². The Morgan fingerprint density at radius 3 is 2.76 bits per heavy atom. The number of aromatic amines is 1. The van der Waals surface area contributed by atoms with Crippen molar-refractivity contribution in [3.8, 4) is 11.8 Å². The van der Waals surface area contributed by atoms with E-state index in [1.54, 1.807) is 19.4 Å². The average Bonchev–Trinajstić information content (AvgIpc) is 3.44. The number of benzene rings is 2. The second-order valence-electron chi connectivity index (χ2n) is 12.9. The maximum Gasteiger partial charge on any atom is 0.319 e. The molecule has 4 aromatic rings. The van der Waals surface area contributed by atoms with Crippen LogP contribution in [0.3, 0.4) is 0 Å². The number of aromatic nitrogens is 4. The van der Waals surface area contributed by atoms with Crippen LogP contribution in [0.2, 0.25) is 0 Å². The first-order chi connectivity index (χ1) is 22.4. The van der Waals surface area contributed by atoms with Gasteiger partial charge in [-0.3, -0.25) is 5.10 Å². The van der Waals surface area contributed by atoms with Crippen LogP contribution in [-0.4, -0.2) is 70.3 Å². The van der Waals surface area contributed by atoms with Gasteiger partial charge in [0.25, 0.3) is 0 Å². The first kappa shape index (κ1) is 30.4. The first-order valence-corrected chi connectivity index (χ1v) is 16.2. The molecular weight excluding hydrogens is 583 g/mol. The molecule has 2 saturated heterocycles. The summed E-state index contributed by atoms with van der Waals surface area (Å²) >= 11 is 0. The molecule has 240 valence electrons. The number of piperazine rings is 1. The SMILES string of the molecule is CO[C@@H](C)COc1nc(N2CC3CC2CN3)c2cc(C3CC3)c(\C=c3/cn[nH]/c3=C/C(F)=C/CCc3ccc(C)cc3)c(O)c2n1. The van der Waals surface area contributed by atoms with Gasteiger partial charge in [-0.25, -0.2) is 4.39 Å². The first-order valence-electron chi connectivity index (χ1n) is 16.2. The number of hydrogen-bond acceptors (Lipinski definition) is 8. The van der Waals surface area contributed by atoms with E-state index < -0.39 is 0 Å². The maximum atomic E-state index is 15.1. The van der Waals surface area contributed by atoms with E-state index >= 15 is 4.39 Å². The Bertz CT molecular complexity index is 1880. The fourth-order valence-corrected chi connectivity index (χ4v) is 6.52. The van der Waals surface area contributed by atoms with Crippen molar-refractivity contribution in [2.75, 3.05) is 31.7 Å². The predicted octanol–water partition coefficient (Wildman–Crippen LogP) is 4.30. The van der Waals surface area contributed by atoms with Crippen LogP contribution < -0.4 is 25.5 Å². The van der Waals surface area contributed by atoms with E-state index in [9.17, 15) is 5.11 Å². The van der Waals surface area contributed by atoms with E-state index in [-0.39, 0.29) is 30.3 Å². The van der Waals surface area contributed by atoms with Crippen molar-refractivity contribution in [1.82, 2.24) is 25.5 Å². The minimum absolute atomic E-state index is 0.0661. The predicted molar refractivity (Wildman–Crippen MR) is 177 cm³/mol. The largest absolute Gasteiger partial charge is 0.505 e. The highest BCUT2D eigenvalue weighted by Gasteiger charge is 2.40. The van der Waals surface area contributed by atoms with E-state index in [0.29, 0.717) is 46.1 Å². The number of rotatable bonds is 11. The number of halogens is 1. The number of ether oxygens (including phenoxy) is 2.